The Bertz CT molecular complexity index is 882. The number of fused-ring (bicyclic) bond motifs is 1. The van der Waals surface area contributed by atoms with Crippen molar-refractivity contribution in [3.05, 3.63) is 0 Å². The number of Topliss-reactive ketones (excluding diaryl/α,β-unsaturated/α-hetero) is 1. The van der Waals surface area contributed by atoms with Crippen LogP contribution in [-0.4, -0.2) is 47.3 Å². The van der Waals surface area contributed by atoms with Crippen LogP contribution in [0.5, 0.6) is 0 Å². The van der Waals surface area contributed by atoms with Gasteiger partial charge in [-0.3, -0.25) is 4.79 Å². The standard InChI is InChI=1S/C31H56O4Si2/c1-22-27-24(18-19-25(23-16-14-13-15-17-23)34-36(9,10)29(2,3)4)26(35-37(11,12)30(5,6)7)20-21-31(27,33-8)28(22)32/h22-27H,13-17,20-21H2,1-12H3/t22?,24-,25-,26+,27+,31+/m1/s1. The Kier molecular flexibility index (Phi) is 9.11. The molecule has 6 heteroatoms. The van der Waals surface area contributed by atoms with E-state index in [-0.39, 0.29) is 45.8 Å². The van der Waals surface area contributed by atoms with Crippen molar-refractivity contribution in [1.82, 2.24) is 0 Å². The van der Waals surface area contributed by atoms with Crippen LogP contribution in [0.2, 0.25) is 36.3 Å². The molecule has 3 fully saturated rings. The van der Waals surface area contributed by atoms with Crippen molar-refractivity contribution in [3.8, 4) is 11.8 Å². The van der Waals surface area contributed by atoms with Crippen LogP contribution in [0.4, 0.5) is 0 Å². The molecule has 0 spiro atoms. The molecule has 0 aromatic heterocycles. The van der Waals surface area contributed by atoms with E-state index in [2.05, 4.69) is 86.5 Å². The first kappa shape index (κ1) is 31.1. The van der Waals surface area contributed by atoms with E-state index < -0.39 is 22.2 Å². The van der Waals surface area contributed by atoms with E-state index in [9.17, 15) is 4.79 Å². The minimum Gasteiger partial charge on any atom is -0.413 e. The molecule has 0 heterocycles. The third-order valence-corrected chi connectivity index (χ3v) is 19.8. The van der Waals surface area contributed by atoms with Crippen LogP contribution in [-0.2, 0) is 18.4 Å². The SMILES string of the molecule is CO[C@@]12CC[C@H](O[Si](C)(C)C(C)(C)C)[C@@H](C#C[C@@H](O[Si](C)(C)C(C)(C)C)C3CCCCC3)[C@@H]1C(C)C2=O. The normalized spacial score (nSPS) is 32.7. The molecular formula is C31H56O4Si2. The summed E-state index contributed by atoms with van der Waals surface area (Å²) < 4.78 is 20.1. The van der Waals surface area contributed by atoms with Gasteiger partial charge in [0.15, 0.2) is 22.4 Å². The summed E-state index contributed by atoms with van der Waals surface area (Å²) in [5, 5.41) is 0.262. The summed E-state index contributed by atoms with van der Waals surface area (Å²) in [6, 6.07) is 0. The number of ether oxygens (including phenoxy) is 1. The Labute approximate surface area is 230 Å². The van der Waals surface area contributed by atoms with Gasteiger partial charge in [-0.25, -0.2) is 0 Å². The molecule has 37 heavy (non-hydrogen) atoms. The van der Waals surface area contributed by atoms with E-state index in [4.69, 9.17) is 13.6 Å². The summed E-state index contributed by atoms with van der Waals surface area (Å²) in [4.78, 5) is 13.1. The van der Waals surface area contributed by atoms with Crippen molar-refractivity contribution < 1.29 is 18.4 Å². The predicted molar refractivity (Wildman–Crippen MR) is 159 cm³/mol. The van der Waals surface area contributed by atoms with E-state index in [0.717, 1.165) is 12.8 Å². The summed E-state index contributed by atoms with van der Waals surface area (Å²) in [6.45, 7) is 25.2. The number of hydrogen-bond donors (Lipinski definition) is 0. The predicted octanol–water partition coefficient (Wildman–Crippen LogP) is 7.98. The van der Waals surface area contributed by atoms with Gasteiger partial charge in [-0.1, -0.05) is 79.6 Å². The van der Waals surface area contributed by atoms with Gasteiger partial charge in [0.1, 0.15) is 11.7 Å². The Balaban J connectivity index is 2.00. The molecule has 6 atom stereocenters. The first-order valence-corrected chi connectivity index (χ1v) is 20.7. The third-order valence-electron chi connectivity index (χ3n) is 10.8. The van der Waals surface area contributed by atoms with Crippen LogP contribution in [0.25, 0.3) is 0 Å². The molecular weight excluding hydrogens is 493 g/mol. The summed E-state index contributed by atoms with van der Waals surface area (Å²) >= 11 is 0. The molecule has 3 saturated carbocycles. The maximum Gasteiger partial charge on any atom is 0.193 e. The number of rotatable bonds is 6. The van der Waals surface area contributed by atoms with E-state index in [1.807, 2.05) is 0 Å². The number of carbonyl (C=O) groups is 1. The second kappa shape index (κ2) is 10.8. The van der Waals surface area contributed by atoms with E-state index in [1.54, 1.807) is 7.11 Å². The third kappa shape index (κ3) is 6.01. The van der Waals surface area contributed by atoms with Crippen molar-refractivity contribution in [3.63, 3.8) is 0 Å². The monoisotopic (exact) mass is 548 g/mol. The molecule has 1 unspecified atom stereocenters. The van der Waals surface area contributed by atoms with Crippen LogP contribution >= 0.6 is 0 Å². The van der Waals surface area contributed by atoms with Gasteiger partial charge >= 0.3 is 0 Å². The fraction of sp³-hybridized carbons (Fsp3) is 0.903. The van der Waals surface area contributed by atoms with Gasteiger partial charge in [-0.15, -0.1) is 0 Å². The van der Waals surface area contributed by atoms with Gasteiger partial charge in [0, 0.05) is 18.9 Å². The summed E-state index contributed by atoms with van der Waals surface area (Å²) in [5.41, 5.74) is -0.688. The zero-order valence-electron chi connectivity index (χ0n) is 26.0. The van der Waals surface area contributed by atoms with Gasteiger partial charge < -0.3 is 13.6 Å². The molecule has 212 valence electrons. The minimum absolute atomic E-state index is 0.00960. The first-order valence-electron chi connectivity index (χ1n) is 14.8. The average molecular weight is 549 g/mol. The zero-order chi connectivity index (χ0) is 28.0. The zero-order valence-corrected chi connectivity index (χ0v) is 28.0. The van der Waals surface area contributed by atoms with Crippen molar-refractivity contribution in [2.75, 3.05) is 7.11 Å². The van der Waals surface area contributed by atoms with Gasteiger partial charge in [0.05, 0.1) is 12.0 Å². The lowest BCUT2D eigenvalue weighted by Crippen LogP contribution is -2.70. The van der Waals surface area contributed by atoms with E-state index >= 15 is 0 Å². The number of carbonyl (C=O) groups excluding carboxylic acids is 1. The lowest BCUT2D eigenvalue weighted by molar-refractivity contribution is -0.204. The smallest absolute Gasteiger partial charge is 0.193 e. The molecule has 0 N–H and O–H groups in total. The highest BCUT2D eigenvalue weighted by Gasteiger charge is 2.66. The molecule has 3 aliphatic carbocycles. The van der Waals surface area contributed by atoms with Crippen molar-refractivity contribution in [2.24, 2.45) is 23.7 Å². The summed E-state index contributed by atoms with van der Waals surface area (Å²) in [7, 11) is -2.28. The quantitative estimate of drug-likeness (QED) is 0.249. The minimum atomic E-state index is -2.00. The average Bonchev–Trinajstić information content (AvgIpc) is 2.80. The molecule has 3 rings (SSSR count). The van der Waals surface area contributed by atoms with Gasteiger partial charge in [0.25, 0.3) is 0 Å². The fourth-order valence-corrected chi connectivity index (χ4v) is 8.86. The molecule has 0 saturated heterocycles. The topological polar surface area (TPSA) is 44.8 Å². The van der Waals surface area contributed by atoms with E-state index in [1.165, 1.54) is 32.1 Å². The number of hydrogen-bond acceptors (Lipinski definition) is 4. The molecule has 0 aromatic rings. The van der Waals surface area contributed by atoms with Crippen molar-refractivity contribution in [1.29, 1.82) is 0 Å². The Morgan fingerprint density at radius 1 is 0.919 bits per heavy atom. The Hall–Kier alpha value is -0.456. The second-order valence-corrected chi connectivity index (χ2v) is 24.8. The van der Waals surface area contributed by atoms with Crippen molar-refractivity contribution in [2.45, 2.75) is 147 Å². The highest BCUT2D eigenvalue weighted by molar-refractivity contribution is 6.74. The van der Waals surface area contributed by atoms with Gasteiger partial charge in [-0.05, 0) is 67.9 Å². The van der Waals surface area contributed by atoms with Crippen molar-refractivity contribution >= 4 is 22.4 Å². The molecule has 0 radical (unpaired) electrons. The Morgan fingerprint density at radius 3 is 2.00 bits per heavy atom. The summed E-state index contributed by atoms with van der Waals surface area (Å²) in [5.74, 6) is 8.28. The van der Waals surface area contributed by atoms with Gasteiger partial charge in [-0.2, -0.15) is 0 Å². The second-order valence-electron chi connectivity index (χ2n) is 15.2. The lowest BCUT2D eigenvalue weighted by atomic mass is 9.50. The number of methoxy groups -OCH3 is 1. The number of ketones is 1. The van der Waals surface area contributed by atoms with Gasteiger partial charge in [0.2, 0.25) is 0 Å². The molecule has 3 aliphatic rings. The van der Waals surface area contributed by atoms with Crippen LogP contribution in [0.3, 0.4) is 0 Å². The fourth-order valence-electron chi connectivity index (χ4n) is 6.24. The maximum atomic E-state index is 13.1. The molecule has 0 amide bonds. The molecule has 0 aliphatic heterocycles. The Morgan fingerprint density at radius 2 is 1.49 bits per heavy atom. The molecule has 0 aromatic carbocycles. The van der Waals surface area contributed by atoms with Crippen LogP contribution in [0.15, 0.2) is 0 Å². The van der Waals surface area contributed by atoms with E-state index in [0.29, 0.717) is 5.92 Å². The molecule has 4 nitrogen and oxygen atoms in total. The largest absolute Gasteiger partial charge is 0.413 e. The van der Waals surface area contributed by atoms with Crippen LogP contribution in [0, 0.1) is 35.5 Å². The highest BCUT2D eigenvalue weighted by atomic mass is 28.4. The first-order chi connectivity index (χ1) is 16.9. The highest BCUT2D eigenvalue weighted by Crippen LogP contribution is 2.55. The van der Waals surface area contributed by atoms with Crippen LogP contribution in [0.1, 0.15) is 93.4 Å². The van der Waals surface area contributed by atoms with Crippen LogP contribution < -0.4 is 0 Å². The lowest BCUT2D eigenvalue weighted by Gasteiger charge is -2.58. The molecule has 0 bridgehead atoms. The summed E-state index contributed by atoms with van der Waals surface area (Å²) in [6.07, 6.45) is 7.81. The maximum absolute atomic E-state index is 13.1.